The van der Waals surface area contributed by atoms with Gasteiger partial charge in [-0.2, -0.15) is 0 Å². The van der Waals surface area contributed by atoms with E-state index in [1.807, 2.05) is 29.3 Å². The van der Waals surface area contributed by atoms with Gasteiger partial charge in [0.15, 0.2) is 0 Å². The molecule has 1 aromatic heterocycles. The summed E-state index contributed by atoms with van der Waals surface area (Å²) < 4.78 is 0. The first-order chi connectivity index (χ1) is 14.2. The van der Waals surface area contributed by atoms with Crippen LogP contribution < -0.4 is 0 Å². The van der Waals surface area contributed by atoms with Gasteiger partial charge < -0.3 is 9.80 Å². The maximum atomic E-state index is 13.4. The highest BCUT2D eigenvalue weighted by molar-refractivity contribution is 7.10. The number of hydrogen-bond acceptors (Lipinski definition) is 3. The predicted molar refractivity (Wildman–Crippen MR) is 125 cm³/mol. The monoisotopic (exact) mass is 486 g/mol. The highest BCUT2D eigenvalue weighted by Gasteiger charge is 2.37. The van der Waals surface area contributed by atoms with Gasteiger partial charge in [-0.05, 0) is 61.9 Å². The molecule has 30 heavy (non-hydrogen) atoms. The zero-order valence-electron chi connectivity index (χ0n) is 17.3. The summed E-state index contributed by atoms with van der Waals surface area (Å²) >= 11 is 20.3. The molecule has 0 saturated heterocycles. The van der Waals surface area contributed by atoms with E-state index < -0.39 is 5.41 Å². The second-order valence-electron chi connectivity index (χ2n) is 8.04. The molecule has 0 fully saturated rings. The smallest absolute Gasteiger partial charge is 0.242 e. The quantitative estimate of drug-likeness (QED) is 0.495. The van der Waals surface area contributed by atoms with Crippen LogP contribution in [0.15, 0.2) is 29.6 Å². The number of hydrogen-bond donors (Lipinski definition) is 0. The largest absolute Gasteiger partial charge is 0.333 e. The summed E-state index contributed by atoms with van der Waals surface area (Å²) in [5, 5.41) is 3.12. The van der Waals surface area contributed by atoms with Gasteiger partial charge in [0.05, 0.1) is 18.0 Å². The summed E-state index contributed by atoms with van der Waals surface area (Å²) in [6.07, 6.45) is 0.785. The van der Waals surface area contributed by atoms with Gasteiger partial charge in [-0.25, -0.2) is 0 Å². The molecule has 1 aromatic carbocycles. The molecule has 2 aromatic rings. The van der Waals surface area contributed by atoms with E-state index in [-0.39, 0.29) is 30.3 Å². The van der Waals surface area contributed by atoms with Crippen LogP contribution in [0.25, 0.3) is 0 Å². The van der Waals surface area contributed by atoms with E-state index in [1.54, 1.807) is 42.2 Å². The number of alkyl halides is 1. The summed E-state index contributed by atoms with van der Waals surface area (Å²) in [5.74, 6) is -0.0345. The fourth-order valence-electron chi connectivity index (χ4n) is 3.71. The van der Waals surface area contributed by atoms with Gasteiger partial charge in [-0.1, -0.05) is 29.3 Å². The second kappa shape index (κ2) is 9.47. The van der Waals surface area contributed by atoms with Crippen LogP contribution in [-0.2, 0) is 16.0 Å². The Balaban J connectivity index is 1.93. The van der Waals surface area contributed by atoms with Gasteiger partial charge in [0.1, 0.15) is 0 Å². The van der Waals surface area contributed by atoms with E-state index in [0.717, 1.165) is 17.5 Å². The van der Waals surface area contributed by atoms with Crippen molar-refractivity contribution in [2.24, 2.45) is 5.41 Å². The Hall–Kier alpha value is -1.27. The van der Waals surface area contributed by atoms with Crippen molar-refractivity contribution in [2.45, 2.75) is 33.2 Å². The maximum absolute atomic E-state index is 13.4. The Morgan fingerprint density at radius 2 is 1.97 bits per heavy atom. The first kappa shape index (κ1) is 23.4. The molecular weight excluding hydrogens is 463 g/mol. The lowest BCUT2D eigenvalue weighted by atomic mass is 9.92. The maximum Gasteiger partial charge on any atom is 0.242 e. The van der Waals surface area contributed by atoms with Crippen LogP contribution in [-0.4, -0.2) is 47.1 Å². The number of halogens is 3. The third kappa shape index (κ3) is 4.64. The average Bonchev–Trinajstić information content (AvgIpc) is 3.20. The Morgan fingerprint density at radius 3 is 2.60 bits per heavy atom. The zero-order chi connectivity index (χ0) is 22.1. The minimum absolute atomic E-state index is 0.0107. The van der Waals surface area contributed by atoms with E-state index in [2.05, 4.69) is 0 Å². The highest BCUT2D eigenvalue weighted by Crippen LogP contribution is 2.41. The third-order valence-electron chi connectivity index (χ3n) is 5.45. The van der Waals surface area contributed by atoms with Crippen LogP contribution in [0.4, 0.5) is 0 Å². The SMILES string of the molecule is CCN(CC(=O)N1CCc2sccc2C1c1ccc(Cl)cc1Cl)C(=O)C(C)(C)CCl. The standard InChI is InChI=1S/C22H25Cl3N2O2S/c1-4-26(21(29)22(2,3)13-23)12-19(28)27-9-7-18-16(8-10-30-18)20(27)15-6-5-14(24)11-17(15)25/h5-6,8,10-11,20H,4,7,9,12-13H2,1-3H3. The minimum atomic E-state index is -0.723. The molecule has 0 saturated carbocycles. The summed E-state index contributed by atoms with van der Waals surface area (Å²) in [4.78, 5) is 31.0. The highest BCUT2D eigenvalue weighted by atomic mass is 35.5. The molecule has 2 heterocycles. The molecule has 1 unspecified atom stereocenters. The molecule has 1 aliphatic heterocycles. The molecule has 1 aliphatic rings. The van der Waals surface area contributed by atoms with Crippen LogP contribution in [0, 0.1) is 5.41 Å². The zero-order valence-corrected chi connectivity index (χ0v) is 20.3. The average molecular weight is 488 g/mol. The number of rotatable bonds is 6. The van der Waals surface area contributed by atoms with Crippen LogP contribution >= 0.6 is 46.1 Å². The molecule has 3 rings (SSSR count). The normalized spacial score (nSPS) is 16.3. The fourth-order valence-corrected chi connectivity index (χ4v) is 5.24. The van der Waals surface area contributed by atoms with Crippen molar-refractivity contribution >= 4 is 58.0 Å². The second-order valence-corrected chi connectivity index (χ2v) is 10.2. The van der Waals surface area contributed by atoms with Gasteiger partial charge in [-0.3, -0.25) is 9.59 Å². The number of thiophene rings is 1. The van der Waals surface area contributed by atoms with Crippen LogP contribution in [0.2, 0.25) is 10.0 Å². The molecule has 0 spiro atoms. The molecule has 0 radical (unpaired) electrons. The number of fused-ring (bicyclic) bond motifs is 1. The summed E-state index contributed by atoms with van der Waals surface area (Å²) in [6, 6.07) is 7.12. The van der Waals surface area contributed by atoms with Crippen LogP contribution in [0.3, 0.4) is 0 Å². The molecule has 4 nitrogen and oxygen atoms in total. The van der Waals surface area contributed by atoms with Gasteiger partial charge in [0, 0.05) is 33.9 Å². The van der Waals surface area contributed by atoms with Crippen molar-refractivity contribution in [2.75, 3.05) is 25.5 Å². The van der Waals surface area contributed by atoms with E-state index >= 15 is 0 Å². The summed E-state index contributed by atoms with van der Waals surface area (Å²) in [7, 11) is 0. The lowest BCUT2D eigenvalue weighted by Crippen LogP contribution is -2.49. The number of benzene rings is 1. The first-order valence-electron chi connectivity index (χ1n) is 9.85. The van der Waals surface area contributed by atoms with E-state index in [4.69, 9.17) is 34.8 Å². The number of likely N-dealkylation sites (N-methyl/N-ethyl adjacent to an activating group) is 1. The van der Waals surface area contributed by atoms with Crippen molar-refractivity contribution in [3.8, 4) is 0 Å². The molecular formula is C22H25Cl3N2O2S. The lowest BCUT2D eigenvalue weighted by molar-refractivity contribution is -0.146. The van der Waals surface area contributed by atoms with Crippen molar-refractivity contribution in [1.29, 1.82) is 0 Å². The number of nitrogens with zero attached hydrogens (tertiary/aromatic N) is 2. The lowest BCUT2D eigenvalue weighted by Gasteiger charge is -2.38. The molecule has 162 valence electrons. The van der Waals surface area contributed by atoms with Gasteiger partial charge in [0.25, 0.3) is 0 Å². The molecule has 0 aliphatic carbocycles. The van der Waals surface area contributed by atoms with Crippen molar-refractivity contribution in [1.82, 2.24) is 9.80 Å². The third-order valence-corrected chi connectivity index (χ3v) is 7.68. The summed E-state index contributed by atoms with van der Waals surface area (Å²) in [6.45, 7) is 6.48. The van der Waals surface area contributed by atoms with E-state index in [9.17, 15) is 9.59 Å². The number of carbonyl (C=O) groups excluding carboxylic acids is 2. The predicted octanol–water partition coefficient (Wildman–Crippen LogP) is 5.64. The van der Waals surface area contributed by atoms with Crippen molar-refractivity contribution in [3.05, 3.63) is 55.7 Å². The Kier molecular flexibility index (Phi) is 7.39. The number of carbonyl (C=O) groups is 2. The molecule has 0 N–H and O–H groups in total. The topological polar surface area (TPSA) is 40.6 Å². The number of amides is 2. The Bertz CT molecular complexity index is 944. The Morgan fingerprint density at radius 1 is 1.23 bits per heavy atom. The van der Waals surface area contributed by atoms with E-state index in [0.29, 0.717) is 23.1 Å². The van der Waals surface area contributed by atoms with E-state index in [1.165, 1.54) is 4.88 Å². The Labute approximate surface area is 196 Å². The summed E-state index contributed by atoms with van der Waals surface area (Å²) in [5.41, 5.74) is 1.20. The van der Waals surface area contributed by atoms with Crippen molar-refractivity contribution < 1.29 is 9.59 Å². The van der Waals surface area contributed by atoms with Crippen LogP contribution in [0.5, 0.6) is 0 Å². The molecule has 1 atom stereocenters. The van der Waals surface area contributed by atoms with Crippen molar-refractivity contribution in [3.63, 3.8) is 0 Å². The fraction of sp³-hybridized carbons (Fsp3) is 0.455. The first-order valence-corrected chi connectivity index (χ1v) is 12.0. The van der Waals surface area contributed by atoms with Gasteiger partial charge in [0.2, 0.25) is 11.8 Å². The molecule has 0 bridgehead atoms. The van der Waals surface area contributed by atoms with Crippen LogP contribution in [0.1, 0.15) is 42.8 Å². The molecule has 2 amide bonds. The van der Waals surface area contributed by atoms with Gasteiger partial charge >= 0.3 is 0 Å². The molecule has 8 heteroatoms. The van der Waals surface area contributed by atoms with Gasteiger partial charge in [-0.15, -0.1) is 22.9 Å². The minimum Gasteiger partial charge on any atom is -0.333 e.